The quantitative estimate of drug-likeness (QED) is 0.101. The van der Waals surface area contributed by atoms with Gasteiger partial charge in [0.25, 0.3) is 15.9 Å². The zero-order chi connectivity index (χ0) is 28.8. The lowest BCUT2D eigenvalue weighted by Crippen LogP contribution is -2.61. The second-order valence-electron chi connectivity index (χ2n) is 9.94. The van der Waals surface area contributed by atoms with Crippen molar-refractivity contribution in [1.82, 2.24) is 9.62 Å². The Morgan fingerprint density at radius 1 is 1.16 bits per heavy atom. The van der Waals surface area contributed by atoms with E-state index >= 15 is 0 Å². The largest absolute Gasteiger partial charge is 0.496 e. The van der Waals surface area contributed by atoms with Crippen molar-refractivity contribution in [1.29, 1.82) is 0 Å². The van der Waals surface area contributed by atoms with Crippen LogP contribution >= 0.6 is 0 Å². The molecule has 0 aliphatic carbocycles. The minimum Gasteiger partial charge on any atom is -0.496 e. The van der Waals surface area contributed by atoms with E-state index in [1.807, 2.05) is 0 Å². The van der Waals surface area contributed by atoms with Crippen LogP contribution in [-0.2, 0) is 24.3 Å². The topological polar surface area (TPSA) is 192 Å². The first-order chi connectivity index (χ1) is 16.9. The number of nitrogens with one attached hydrogen (secondary N) is 1. The third-order valence-electron chi connectivity index (χ3n) is 5.67. The van der Waals surface area contributed by atoms with Gasteiger partial charge in [-0.1, -0.05) is 0 Å². The molecule has 0 bridgehead atoms. The van der Waals surface area contributed by atoms with Gasteiger partial charge in [-0.3, -0.25) is 9.79 Å². The average Bonchev–Trinajstić information content (AvgIpc) is 2.76. The molecule has 0 spiro atoms. The van der Waals surface area contributed by atoms with Gasteiger partial charge in [0.15, 0.2) is 5.54 Å². The van der Waals surface area contributed by atoms with Gasteiger partial charge in [0.2, 0.25) is 5.96 Å². The number of benzene rings is 1. The molecule has 0 heterocycles. The van der Waals surface area contributed by atoms with Gasteiger partial charge >= 0.3 is 5.97 Å². The van der Waals surface area contributed by atoms with Gasteiger partial charge in [-0.05, 0) is 77.1 Å². The number of carbonyl (C=O) groups is 2. The number of carbonyl (C=O) groups excluding carboxylic acids is 2. The van der Waals surface area contributed by atoms with Crippen LogP contribution in [0.3, 0.4) is 0 Å². The first-order valence-corrected chi connectivity index (χ1v) is 13.3. The van der Waals surface area contributed by atoms with E-state index in [2.05, 4.69) is 9.71 Å². The molecule has 210 valence electrons. The fourth-order valence-corrected chi connectivity index (χ4v) is 5.21. The minimum atomic E-state index is -4.03. The summed E-state index contributed by atoms with van der Waals surface area (Å²) in [6, 6.07) is 1.64. The maximum Gasteiger partial charge on any atom is 0.336 e. The molecule has 7 N–H and O–H groups in total. The Labute approximate surface area is 220 Å². The number of methoxy groups -OCH3 is 1. The number of amides is 1. The maximum absolute atomic E-state index is 13.0. The highest BCUT2D eigenvalue weighted by Gasteiger charge is 2.46. The minimum absolute atomic E-state index is 0.00356. The van der Waals surface area contributed by atoms with Gasteiger partial charge in [0.1, 0.15) is 11.4 Å². The van der Waals surface area contributed by atoms with Crippen LogP contribution in [0, 0.1) is 20.8 Å². The van der Waals surface area contributed by atoms with Crippen molar-refractivity contribution < 1.29 is 27.5 Å². The number of guanidine groups is 1. The molecule has 1 rings (SSSR count). The first-order valence-electron chi connectivity index (χ1n) is 11.9. The number of likely N-dealkylation sites (N-methyl/N-ethyl adjacent to an activating group) is 1. The number of aliphatic imine (C=N–C) groups is 1. The number of sulfonamides is 1. The van der Waals surface area contributed by atoms with Crippen molar-refractivity contribution in [3.63, 3.8) is 0 Å². The van der Waals surface area contributed by atoms with Crippen molar-refractivity contribution in [2.75, 3.05) is 33.8 Å². The van der Waals surface area contributed by atoms with E-state index in [-0.39, 0.29) is 43.3 Å². The third kappa shape index (κ3) is 8.30. The van der Waals surface area contributed by atoms with Crippen LogP contribution in [0.5, 0.6) is 5.75 Å². The Bertz CT molecular complexity index is 1130. The summed E-state index contributed by atoms with van der Waals surface area (Å²) in [6.07, 6.45) is 0.0507. The van der Waals surface area contributed by atoms with Gasteiger partial charge in [0.05, 0.1) is 12.0 Å². The number of aryl methyl sites for hydroxylation is 1. The van der Waals surface area contributed by atoms with Crippen molar-refractivity contribution >= 4 is 27.9 Å². The van der Waals surface area contributed by atoms with Crippen LogP contribution in [0.2, 0.25) is 0 Å². The predicted octanol–water partition coefficient (Wildman–Crippen LogP) is 0.450. The molecule has 1 amide bonds. The fourth-order valence-electron chi connectivity index (χ4n) is 3.73. The van der Waals surface area contributed by atoms with Crippen LogP contribution in [0.1, 0.15) is 50.3 Å². The van der Waals surface area contributed by atoms with Crippen LogP contribution in [0.25, 0.3) is 0 Å². The zero-order valence-corrected chi connectivity index (χ0v) is 23.9. The van der Waals surface area contributed by atoms with Gasteiger partial charge < -0.3 is 31.6 Å². The van der Waals surface area contributed by atoms with Gasteiger partial charge in [-0.2, -0.15) is 0 Å². The van der Waals surface area contributed by atoms with E-state index in [9.17, 15) is 18.0 Å². The molecule has 0 aliphatic heterocycles. The number of esters is 1. The first kappa shape index (κ1) is 32.1. The number of nitrogens with zero attached hydrogens (tertiary/aromatic N) is 2. The lowest BCUT2D eigenvalue weighted by atomic mass is 9.92. The third-order valence-corrected chi connectivity index (χ3v) is 7.32. The molecule has 13 heteroatoms. The summed E-state index contributed by atoms with van der Waals surface area (Å²) in [5.74, 6) is -1.26. The summed E-state index contributed by atoms with van der Waals surface area (Å²) >= 11 is 0. The highest BCUT2D eigenvalue weighted by atomic mass is 32.2. The van der Waals surface area contributed by atoms with Crippen molar-refractivity contribution in [3.8, 4) is 5.75 Å². The summed E-state index contributed by atoms with van der Waals surface area (Å²) in [6.45, 7) is 10.5. The smallest absolute Gasteiger partial charge is 0.336 e. The Balaban J connectivity index is 3.05. The summed E-state index contributed by atoms with van der Waals surface area (Å²) in [4.78, 5) is 31.2. The van der Waals surface area contributed by atoms with Gasteiger partial charge in [0, 0.05) is 26.7 Å². The highest BCUT2D eigenvalue weighted by Crippen LogP contribution is 2.30. The lowest BCUT2D eigenvalue weighted by molar-refractivity contribution is -0.167. The molecule has 1 aromatic rings. The number of nitrogens with two attached hydrogens (primary N) is 3. The molecule has 12 nitrogen and oxygen atoms in total. The molecule has 0 fully saturated rings. The SMILES string of the molecule is COc1cc(C)c(S(=O)(=O)NC(N)=NCCC[C@@](N)(C(=O)OC(C)(C)C)C(=O)N(C)CCN)c(C)c1C. The molecule has 0 radical (unpaired) electrons. The van der Waals surface area contributed by atoms with Crippen molar-refractivity contribution in [2.45, 2.75) is 70.4 Å². The van der Waals surface area contributed by atoms with Gasteiger partial charge in [-0.15, -0.1) is 0 Å². The molecule has 0 aliphatic rings. The maximum atomic E-state index is 13.0. The van der Waals surface area contributed by atoms with Crippen LogP contribution in [-0.4, -0.2) is 76.1 Å². The molecule has 37 heavy (non-hydrogen) atoms. The summed E-state index contributed by atoms with van der Waals surface area (Å²) in [5, 5.41) is 0. The molecule has 0 unspecified atom stereocenters. The Hall–Kier alpha value is -2.90. The molecule has 0 aromatic heterocycles. The fraction of sp³-hybridized carbons (Fsp3) is 0.625. The second-order valence-corrected chi connectivity index (χ2v) is 11.6. The molecule has 1 aromatic carbocycles. The van der Waals surface area contributed by atoms with E-state index in [4.69, 9.17) is 26.7 Å². The highest BCUT2D eigenvalue weighted by molar-refractivity contribution is 7.90. The normalized spacial score (nSPS) is 14.1. The number of rotatable bonds is 11. The summed E-state index contributed by atoms with van der Waals surface area (Å²) < 4.78 is 39.0. The number of hydrogen-bond acceptors (Lipinski definition) is 9. The van der Waals surface area contributed by atoms with Crippen molar-refractivity contribution in [3.05, 3.63) is 22.8 Å². The summed E-state index contributed by atoms with van der Waals surface area (Å²) in [5.41, 5.74) is 16.6. The van der Waals surface area contributed by atoms with E-state index in [0.717, 1.165) is 0 Å². The van der Waals surface area contributed by atoms with E-state index in [1.165, 1.54) is 19.1 Å². The van der Waals surface area contributed by atoms with E-state index in [1.54, 1.807) is 47.6 Å². The predicted molar refractivity (Wildman–Crippen MR) is 143 cm³/mol. The van der Waals surface area contributed by atoms with Gasteiger partial charge in [-0.25, -0.2) is 17.9 Å². The Morgan fingerprint density at radius 2 is 1.76 bits per heavy atom. The second kappa shape index (κ2) is 12.6. The molecule has 0 saturated carbocycles. The Kier molecular flexibility index (Phi) is 10.9. The monoisotopic (exact) mass is 542 g/mol. The van der Waals surface area contributed by atoms with E-state index in [0.29, 0.717) is 22.4 Å². The van der Waals surface area contributed by atoms with E-state index < -0.39 is 33.0 Å². The summed E-state index contributed by atoms with van der Waals surface area (Å²) in [7, 11) is -1.02. The molecular weight excluding hydrogens is 500 g/mol. The van der Waals surface area contributed by atoms with Crippen molar-refractivity contribution in [2.24, 2.45) is 22.2 Å². The van der Waals surface area contributed by atoms with Crippen LogP contribution in [0.4, 0.5) is 0 Å². The molecule has 0 saturated heterocycles. The molecule has 1 atom stereocenters. The molecular formula is C24H42N6O6S. The van der Waals surface area contributed by atoms with Crippen LogP contribution in [0.15, 0.2) is 16.0 Å². The standard InChI is InChI=1S/C24H42N6O6S/c1-15-14-18(35-8)16(2)17(3)19(15)37(33,34)29-22(26)28-12-9-10-24(27,20(31)30(7)13-11-25)21(32)36-23(4,5)6/h14H,9-13,25,27H2,1-8H3,(H3,26,28,29)/t24-/m0/s1. The number of ether oxygens (including phenoxy) is 2. The Morgan fingerprint density at radius 3 is 2.27 bits per heavy atom. The van der Waals surface area contributed by atoms with Crippen LogP contribution < -0.4 is 26.7 Å². The average molecular weight is 543 g/mol. The zero-order valence-electron chi connectivity index (χ0n) is 23.1. The number of hydrogen-bond donors (Lipinski definition) is 4. The lowest BCUT2D eigenvalue weighted by Gasteiger charge is -2.33.